The Kier molecular flexibility index (Phi) is 8.24. The maximum Gasteiger partial charge on any atom is 0.321 e. The van der Waals surface area contributed by atoms with Crippen LogP contribution in [0.5, 0.6) is 5.75 Å². The van der Waals surface area contributed by atoms with E-state index in [1.165, 1.54) is 19.2 Å². The summed E-state index contributed by atoms with van der Waals surface area (Å²) >= 11 is 11.9. The quantitative estimate of drug-likeness (QED) is 0.230. The first-order chi connectivity index (χ1) is 14.2. The number of nitrogens with zero attached hydrogens (tertiary/aromatic N) is 1. The Bertz CT molecular complexity index is 1030. The highest BCUT2D eigenvalue weighted by molar-refractivity contribution is 7.89. The third-order valence-corrected chi connectivity index (χ3v) is 5.66. The second-order valence-corrected chi connectivity index (χ2v) is 8.21. The number of nitrogens with one attached hydrogen (secondary N) is 2. The maximum absolute atomic E-state index is 12.3. The third-order valence-electron chi connectivity index (χ3n) is 3.66. The van der Waals surface area contributed by atoms with Crippen LogP contribution in [0.2, 0.25) is 10.0 Å². The lowest BCUT2D eigenvalue weighted by atomic mass is 10.3. The second kappa shape index (κ2) is 10.4. The van der Waals surface area contributed by atoms with Crippen LogP contribution >= 0.6 is 23.2 Å². The first-order valence-electron chi connectivity index (χ1n) is 8.34. The maximum atomic E-state index is 12.3. The van der Waals surface area contributed by atoms with Crippen LogP contribution in [0.15, 0.2) is 41.3 Å². The average molecular weight is 478 g/mol. The molecule has 30 heavy (non-hydrogen) atoms. The summed E-state index contributed by atoms with van der Waals surface area (Å²) in [5.74, 6) is -0.627. The summed E-state index contributed by atoms with van der Waals surface area (Å²) in [5.41, 5.74) is -0.268. The number of benzene rings is 2. The van der Waals surface area contributed by atoms with Gasteiger partial charge in [-0.1, -0.05) is 29.3 Å². The number of para-hydroxylation sites is 1. The lowest BCUT2D eigenvalue weighted by Crippen LogP contribution is -2.31. The van der Waals surface area contributed by atoms with Gasteiger partial charge in [-0.2, -0.15) is 4.72 Å². The molecule has 0 saturated carbocycles. The molecule has 0 aliphatic rings. The van der Waals surface area contributed by atoms with E-state index in [-0.39, 0.29) is 29.5 Å². The zero-order valence-corrected chi connectivity index (χ0v) is 17.9. The molecule has 0 saturated heterocycles. The summed E-state index contributed by atoms with van der Waals surface area (Å²) in [5, 5.41) is 14.2. The Morgan fingerprint density at radius 2 is 1.83 bits per heavy atom. The van der Waals surface area contributed by atoms with E-state index >= 15 is 0 Å². The summed E-state index contributed by atoms with van der Waals surface area (Å²) in [6, 6.07) is 8.12. The average Bonchev–Trinajstić information content (AvgIpc) is 2.70. The number of anilines is 1. The van der Waals surface area contributed by atoms with Gasteiger partial charge in [0.25, 0.3) is 5.69 Å². The lowest BCUT2D eigenvalue weighted by Gasteiger charge is -2.11. The molecular weight excluding hydrogens is 461 g/mol. The van der Waals surface area contributed by atoms with Crippen LogP contribution in [0.3, 0.4) is 0 Å². The van der Waals surface area contributed by atoms with Gasteiger partial charge in [-0.05, 0) is 24.3 Å². The molecule has 10 nitrogen and oxygen atoms in total. The minimum Gasteiger partial charge on any atom is -0.487 e. The van der Waals surface area contributed by atoms with Gasteiger partial charge in [0.15, 0.2) is 5.75 Å². The topological polar surface area (TPSA) is 137 Å². The molecule has 0 bridgehead atoms. The van der Waals surface area contributed by atoms with Crippen LogP contribution in [-0.2, 0) is 19.6 Å². The van der Waals surface area contributed by atoms with Crippen molar-refractivity contribution in [3.05, 3.63) is 56.6 Å². The molecule has 0 amide bonds. The van der Waals surface area contributed by atoms with Crippen molar-refractivity contribution in [2.24, 2.45) is 0 Å². The summed E-state index contributed by atoms with van der Waals surface area (Å²) < 4.78 is 36.8. The fraction of sp³-hybridized carbons (Fsp3) is 0.235. The number of rotatable bonds is 10. The zero-order valence-electron chi connectivity index (χ0n) is 15.6. The van der Waals surface area contributed by atoms with Crippen molar-refractivity contribution >= 4 is 50.6 Å². The van der Waals surface area contributed by atoms with Crippen LogP contribution in [0.4, 0.5) is 11.4 Å². The molecule has 0 aliphatic carbocycles. The van der Waals surface area contributed by atoms with E-state index in [9.17, 15) is 23.3 Å². The predicted molar refractivity (Wildman–Crippen MR) is 111 cm³/mol. The Balaban J connectivity index is 1.88. The normalized spacial score (nSPS) is 11.0. The monoisotopic (exact) mass is 477 g/mol. The van der Waals surface area contributed by atoms with Gasteiger partial charge >= 0.3 is 5.97 Å². The van der Waals surface area contributed by atoms with Crippen LogP contribution in [0, 0.1) is 10.1 Å². The highest BCUT2D eigenvalue weighted by Crippen LogP contribution is 2.32. The fourth-order valence-corrected chi connectivity index (χ4v) is 3.74. The molecule has 0 fully saturated rings. The molecule has 0 radical (unpaired) electrons. The van der Waals surface area contributed by atoms with Crippen molar-refractivity contribution in [2.45, 2.75) is 4.90 Å². The number of nitro benzene ring substituents is 1. The van der Waals surface area contributed by atoms with Crippen LogP contribution < -0.4 is 14.8 Å². The first kappa shape index (κ1) is 23.7. The molecule has 0 aromatic heterocycles. The van der Waals surface area contributed by atoms with E-state index in [0.29, 0.717) is 10.0 Å². The fourth-order valence-electron chi connectivity index (χ4n) is 2.25. The molecule has 2 aromatic rings. The highest BCUT2D eigenvalue weighted by atomic mass is 35.5. The summed E-state index contributed by atoms with van der Waals surface area (Å²) in [4.78, 5) is 21.8. The number of carbonyl (C=O) groups is 1. The summed E-state index contributed by atoms with van der Waals surface area (Å²) in [7, 11) is -2.70. The van der Waals surface area contributed by atoms with Gasteiger partial charge < -0.3 is 14.8 Å². The summed E-state index contributed by atoms with van der Waals surface area (Å²) in [6.07, 6.45) is 0. The van der Waals surface area contributed by atoms with Gasteiger partial charge in [0, 0.05) is 13.1 Å². The Labute approximate surface area is 182 Å². The molecule has 13 heteroatoms. The van der Waals surface area contributed by atoms with Crippen LogP contribution in [-0.4, -0.2) is 46.1 Å². The molecule has 0 aliphatic heterocycles. The number of carbonyl (C=O) groups excluding carboxylic acids is 1. The molecule has 0 heterocycles. The van der Waals surface area contributed by atoms with Gasteiger partial charge in [0.05, 0.1) is 19.9 Å². The Hall–Kier alpha value is -2.60. The largest absolute Gasteiger partial charge is 0.487 e. The minimum atomic E-state index is -4.17. The van der Waals surface area contributed by atoms with Gasteiger partial charge in [0.2, 0.25) is 10.0 Å². The van der Waals surface area contributed by atoms with Crippen molar-refractivity contribution in [3.8, 4) is 5.75 Å². The van der Waals surface area contributed by atoms with Crippen molar-refractivity contribution in [1.29, 1.82) is 0 Å². The zero-order chi connectivity index (χ0) is 22.3. The molecule has 2 aromatic carbocycles. The summed E-state index contributed by atoms with van der Waals surface area (Å²) in [6.45, 7) is -0.902. The number of halogens is 2. The molecule has 162 valence electrons. The van der Waals surface area contributed by atoms with Crippen LogP contribution in [0.1, 0.15) is 0 Å². The molecule has 0 atom stereocenters. The number of nitro groups is 1. The van der Waals surface area contributed by atoms with Gasteiger partial charge in [-0.25, -0.2) is 8.42 Å². The second-order valence-electron chi connectivity index (χ2n) is 5.63. The standard InChI is InChI=1S/C17H17Cl2N3O7S/c1-20-14-6-5-11(9-15(14)22(24)25)30(26,27)21-10-16(23)28-7-8-29-17-12(18)3-2-4-13(17)19/h2-6,9,20-21H,7-8,10H2,1H3. The molecular formula is C17H17Cl2N3O7S. The van der Waals surface area contributed by atoms with Gasteiger partial charge in [0.1, 0.15) is 25.4 Å². The van der Waals surface area contributed by atoms with E-state index in [1.54, 1.807) is 18.2 Å². The minimum absolute atomic E-state index is 0.0559. The van der Waals surface area contributed by atoms with Crippen molar-refractivity contribution in [2.75, 3.05) is 32.1 Å². The third kappa shape index (κ3) is 6.20. The number of sulfonamides is 1. The van der Waals surface area contributed by atoms with Crippen molar-refractivity contribution < 1.29 is 27.6 Å². The molecule has 2 rings (SSSR count). The molecule has 2 N–H and O–H groups in total. The Morgan fingerprint density at radius 1 is 1.17 bits per heavy atom. The highest BCUT2D eigenvalue weighted by Gasteiger charge is 2.22. The number of hydrogen-bond donors (Lipinski definition) is 2. The van der Waals surface area contributed by atoms with E-state index in [0.717, 1.165) is 6.07 Å². The molecule has 0 spiro atoms. The molecule has 0 unspecified atom stereocenters. The van der Waals surface area contributed by atoms with E-state index < -0.39 is 33.1 Å². The van der Waals surface area contributed by atoms with Crippen LogP contribution in [0.25, 0.3) is 0 Å². The van der Waals surface area contributed by atoms with E-state index in [2.05, 4.69) is 5.32 Å². The van der Waals surface area contributed by atoms with E-state index in [4.69, 9.17) is 32.7 Å². The number of ether oxygens (including phenoxy) is 2. The van der Waals surface area contributed by atoms with Crippen molar-refractivity contribution in [1.82, 2.24) is 4.72 Å². The van der Waals surface area contributed by atoms with Crippen molar-refractivity contribution in [3.63, 3.8) is 0 Å². The smallest absolute Gasteiger partial charge is 0.321 e. The number of hydrogen-bond acceptors (Lipinski definition) is 8. The Morgan fingerprint density at radius 3 is 2.43 bits per heavy atom. The predicted octanol–water partition coefficient (Wildman–Crippen LogP) is 2.84. The number of esters is 1. The van der Waals surface area contributed by atoms with Gasteiger partial charge in [-0.15, -0.1) is 0 Å². The van der Waals surface area contributed by atoms with Gasteiger partial charge in [-0.3, -0.25) is 14.9 Å². The first-order valence-corrected chi connectivity index (χ1v) is 10.6. The van der Waals surface area contributed by atoms with E-state index in [1.807, 2.05) is 4.72 Å². The lowest BCUT2D eigenvalue weighted by molar-refractivity contribution is -0.384. The SMILES string of the molecule is CNc1ccc(S(=O)(=O)NCC(=O)OCCOc2c(Cl)cccc2Cl)cc1[N+](=O)[O-].